The summed E-state index contributed by atoms with van der Waals surface area (Å²) in [5, 5.41) is 4.97. The van der Waals surface area contributed by atoms with Crippen LogP contribution in [0.25, 0.3) is 11.0 Å². The first kappa shape index (κ1) is 12.4. The fourth-order valence-corrected chi connectivity index (χ4v) is 1.92. The van der Waals surface area contributed by atoms with Gasteiger partial charge in [-0.1, -0.05) is 24.2 Å². The minimum absolute atomic E-state index is 0.213. The number of rotatable bonds is 4. The van der Waals surface area contributed by atoms with Gasteiger partial charge in [0, 0.05) is 13.6 Å². The molecule has 2 rings (SSSR count). The summed E-state index contributed by atoms with van der Waals surface area (Å²) in [5.41, 5.74) is 0.741. The molecule has 5 nitrogen and oxygen atoms in total. The first-order chi connectivity index (χ1) is 8.63. The maximum Gasteiger partial charge on any atom is 0.310 e. The van der Waals surface area contributed by atoms with Gasteiger partial charge in [-0.2, -0.15) is 0 Å². The normalized spacial score (nSPS) is 12.4. The van der Waals surface area contributed by atoms with Crippen LogP contribution in [0.5, 0.6) is 0 Å². The van der Waals surface area contributed by atoms with Crippen LogP contribution in [0.4, 0.5) is 5.82 Å². The van der Waals surface area contributed by atoms with Crippen molar-refractivity contribution in [1.29, 1.82) is 0 Å². The Kier molecular flexibility index (Phi) is 3.50. The van der Waals surface area contributed by atoms with E-state index in [0.29, 0.717) is 6.54 Å². The average Bonchev–Trinajstić information content (AvgIpc) is 2.81. The first-order valence-electron chi connectivity index (χ1n) is 5.77. The molecule has 0 amide bonds. The van der Waals surface area contributed by atoms with Crippen molar-refractivity contribution in [3.05, 3.63) is 24.3 Å². The first-order valence-corrected chi connectivity index (χ1v) is 5.77. The lowest BCUT2D eigenvalue weighted by atomic mass is 10.1. The second-order valence-corrected chi connectivity index (χ2v) is 4.31. The van der Waals surface area contributed by atoms with E-state index in [1.54, 1.807) is 0 Å². The molecule has 1 heterocycles. The Hall–Kier alpha value is -2.04. The number of hydrogen-bond donors (Lipinski definition) is 0. The number of methoxy groups -OCH3 is 1. The number of hydrogen-bond acceptors (Lipinski definition) is 5. The summed E-state index contributed by atoms with van der Waals surface area (Å²) in [4.78, 5) is 13.3. The lowest BCUT2D eigenvalue weighted by Gasteiger charge is -2.19. The lowest BCUT2D eigenvalue weighted by Crippen LogP contribution is -2.29. The molecule has 0 bridgehead atoms. The summed E-state index contributed by atoms with van der Waals surface area (Å²) in [6, 6.07) is 7.64. The highest BCUT2D eigenvalue weighted by atomic mass is 16.5. The molecule has 18 heavy (non-hydrogen) atoms. The lowest BCUT2D eigenvalue weighted by molar-refractivity contribution is -0.144. The van der Waals surface area contributed by atoms with E-state index in [-0.39, 0.29) is 11.9 Å². The molecule has 96 valence electrons. The highest BCUT2D eigenvalue weighted by Gasteiger charge is 2.19. The van der Waals surface area contributed by atoms with E-state index in [1.165, 1.54) is 7.11 Å². The van der Waals surface area contributed by atoms with E-state index in [9.17, 15) is 4.79 Å². The topological polar surface area (TPSA) is 55.6 Å². The third-order valence-corrected chi connectivity index (χ3v) is 2.87. The van der Waals surface area contributed by atoms with Crippen LogP contribution in [0.2, 0.25) is 0 Å². The van der Waals surface area contributed by atoms with Crippen molar-refractivity contribution in [1.82, 2.24) is 5.16 Å². The number of aromatic nitrogens is 1. The van der Waals surface area contributed by atoms with Gasteiger partial charge in [0.25, 0.3) is 0 Å². The van der Waals surface area contributed by atoms with Crippen LogP contribution < -0.4 is 4.90 Å². The molecule has 0 fully saturated rings. The van der Waals surface area contributed by atoms with Gasteiger partial charge in [0.2, 0.25) is 0 Å². The van der Waals surface area contributed by atoms with E-state index in [4.69, 9.17) is 9.26 Å². The molecule has 5 heteroatoms. The largest absolute Gasteiger partial charge is 0.469 e. The molecule has 2 aromatic rings. The zero-order chi connectivity index (χ0) is 13.1. The van der Waals surface area contributed by atoms with Gasteiger partial charge in [-0.3, -0.25) is 4.79 Å². The highest BCUT2D eigenvalue weighted by molar-refractivity contribution is 5.88. The van der Waals surface area contributed by atoms with E-state index in [2.05, 4.69) is 5.16 Å². The van der Waals surface area contributed by atoms with Crippen LogP contribution in [0, 0.1) is 5.92 Å². The number of carbonyl (C=O) groups excluding carboxylic acids is 1. The number of carbonyl (C=O) groups is 1. The number of nitrogens with zero attached hydrogens (tertiary/aromatic N) is 2. The molecule has 0 aliphatic carbocycles. The minimum Gasteiger partial charge on any atom is -0.469 e. The van der Waals surface area contributed by atoms with Crippen molar-refractivity contribution in [2.24, 2.45) is 5.92 Å². The predicted octanol–water partition coefficient (Wildman–Crippen LogP) is 2.07. The van der Waals surface area contributed by atoms with Crippen LogP contribution in [-0.4, -0.2) is 31.8 Å². The Morgan fingerprint density at radius 1 is 1.50 bits per heavy atom. The maximum atomic E-state index is 11.4. The van der Waals surface area contributed by atoms with Gasteiger partial charge in [-0.15, -0.1) is 0 Å². The molecule has 0 spiro atoms. The van der Waals surface area contributed by atoms with E-state index in [0.717, 1.165) is 16.8 Å². The Balaban J connectivity index is 2.18. The number of ether oxygens (including phenoxy) is 1. The third kappa shape index (κ3) is 2.30. The number of esters is 1. The fourth-order valence-electron chi connectivity index (χ4n) is 1.92. The molecule has 1 aromatic heterocycles. The molecule has 1 unspecified atom stereocenters. The van der Waals surface area contributed by atoms with Gasteiger partial charge in [-0.05, 0) is 12.1 Å². The van der Waals surface area contributed by atoms with Crippen molar-refractivity contribution in [3.8, 4) is 0 Å². The SMILES string of the molecule is COC(=O)C(C)CN(C)c1noc2ccccc12. The van der Waals surface area contributed by atoms with Gasteiger partial charge >= 0.3 is 5.97 Å². The molecule has 0 aliphatic rings. The van der Waals surface area contributed by atoms with Gasteiger partial charge in [0.05, 0.1) is 18.4 Å². The smallest absolute Gasteiger partial charge is 0.310 e. The molecule has 0 radical (unpaired) electrons. The van der Waals surface area contributed by atoms with Crippen molar-refractivity contribution >= 4 is 22.8 Å². The van der Waals surface area contributed by atoms with Crippen LogP contribution in [0.3, 0.4) is 0 Å². The average molecular weight is 248 g/mol. The molecular formula is C13H16N2O3. The minimum atomic E-state index is -0.227. The fraction of sp³-hybridized carbons (Fsp3) is 0.385. The van der Waals surface area contributed by atoms with Gasteiger partial charge in [0.15, 0.2) is 11.4 Å². The quantitative estimate of drug-likeness (QED) is 0.775. The van der Waals surface area contributed by atoms with Gasteiger partial charge < -0.3 is 14.2 Å². The van der Waals surface area contributed by atoms with Crippen molar-refractivity contribution in [2.75, 3.05) is 25.6 Å². The van der Waals surface area contributed by atoms with Crippen molar-refractivity contribution in [2.45, 2.75) is 6.92 Å². The highest BCUT2D eigenvalue weighted by Crippen LogP contribution is 2.25. The standard InChI is InChI=1S/C13H16N2O3/c1-9(13(16)17-3)8-15(2)12-10-6-4-5-7-11(10)18-14-12/h4-7,9H,8H2,1-3H3. The molecule has 0 saturated carbocycles. The zero-order valence-electron chi connectivity index (χ0n) is 10.7. The van der Waals surface area contributed by atoms with Crippen molar-refractivity contribution in [3.63, 3.8) is 0 Å². The molecule has 1 atom stereocenters. The Morgan fingerprint density at radius 2 is 2.22 bits per heavy atom. The Labute approximate surface area is 105 Å². The number of anilines is 1. The summed E-state index contributed by atoms with van der Waals surface area (Å²) < 4.78 is 9.94. The number of para-hydroxylation sites is 1. The predicted molar refractivity (Wildman–Crippen MR) is 68.5 cm³/mol. The molecular weight excluding hydrogens is 232 g/mol. The van der Waals surface area contributed by atoms with Crippen molar-refractivity contribution < 1.29 is 14.1 Å². The van der Waals surface area contributed by atoms with Crippen LogP contribution in [-0.2, 0) is 9.53 Å². The molecule has 1 aromatic carbocycles. The van der Waals surface area contributed by atoms with Gasteiger partial charge in [0.1, 0.15) is 0 Å². The summed E-state index contributed by atoms with van der Waals surface area (Å²) in [7, 11) is 3.27. The van der Waals surface area contributed by atoms with Crippen LogP contribution >= 0.6 is 0 Å². The zero-order valence-corrected chi connectivity index (χ0v) is 10.7. The molecule has 0 N–H and O–H groups in total. The van der Waals surface area contributed by atoms with E-state index in [1.807, 2.05) is 43.1 Å². The monoisotopic (exact) mass is 248 g/mol. The van der Waals surface area contributed by atoms with Gasteiger partial charge in [-0.25, -0.2) is 0 Å². The third-order valence-electron chi connectivity index (χ3n) is 2.87. The number of benzene rings is 1. The Bertz CT molecular complexity index is 550. The summed E-state index contributed by atoms with van der Waals surface area (Å²) in [5.74, 6) is 0.298. The second-order valence-electron chi connectivity index (χ2n) is 4.31. The van der Waals surface area contributed by atoms with Crippen LogP contribution in [0.1, 0.15) is 6.92 Å². The molecule has 0 saturated heterocycles. The van der Waals surface area contributed by atoms with E-state index < -0.39 is 0 Å². The number of fused-ring (bicyclic) bond motifs is 1. The second kappa shape index (κ2) is 5.08. The Morgan fingerprint density at radius 3 is 2.94 bits per heavy atom. The van der Waals surface area contributed by atoms with E-state index >= 15 is 0 Å². The summed E-state index contributed by atoms with van der Waals surface area (Å²) in [6.45, 7) is 2.35. The van der Waals surface area contributed by atoms with Crippen LogP contribution in [0.15, 0.2) is 28.8 Å². The summed E-state index contributed by atoms with van der Waals surface area (Å²) >= 11 is 0. The maximum absolute atomic E-state index is 11.4. The molecule has 0 aliphatic heterocycles. The summed E-state index contributed by atoms with van der Waals surface area (Å²) in [6.07, 6.45) is 0.